The van der Waals surface area contributed by atoms with E-state index in [-0.39, 0.29) is 5.54 Å². The fourth-order valence-electron chi connectivity index (χ4n) is 1.46. The fraction of sp³-hybridized carbons (Fsp3) is 0.538. The van der Waals surface area contributed by atoms with Crippen LogP contribution in [0.2, 0.25) is 0 Å². The first-order chi connectivity index (χ1) is 8.39. The molecule has 0 saturated heterocycles. The first-order valence-electron chi connectivity index (χ1n) is 5.84. The van der Waals surface area contributed by atoms with Gasteiger partial charge in [0.05, 0.1) is 6.61 Å². The van der Waals surface area contributed by atoms with Crippen molar-refractivity contribution in [3.05, 3.63) is 29.8 Å². The molecule has 0 aliphatic carbocycles. The Morgan fingerprint density at radius 3 is 2.44 bits per heavy atom. The lowest BCUT2D eigenvalue weighted by atomic mass is 9.97. The summed E-state index contributed by atoms with van der Waals surface area (Å²) in [5.74, 6) is -1.45. The molecule has 0 aromatic heterocycles. The van der Waals surface area contributed by atoms with Crippen molar-refractivity contribution in [3.63, 3.8) is 0 Å². The molecular weight excluding hydrogens is 238 g/mol. The summed E-state index contributed by atoms with van der Waals surface area (Å²) in [6.07, 6.45) is 0.704. The molecule has 0 spiro atoms. The Labute approximate surface area is 107 Å². The van der Waals surface area contributed by atoms with E-state index in [0.717, 1.165) is 12.1 Å². The van der Waals surface area contributed by atoms with Crippen molar-refractivity contribution in [2.45, 2.75) is 18.9 Å². The molecule has 102 valence electrons. The van der Waals surface area contributed by atoms with Gasteiger partial charge in [-0.05, 0) is 33.2 Å². The van der Waals surface area contributed by atoms with Gasteiger partial charge >= 0.3 is 0 Å². The molecular formula is C13H20F2N2O. The van der Waals surface area contributed by atoms with Crippen molar-refractivity contribution in [2.24, 2.45) is 5.73 Å². The Bertz CT molecular complexity index is 399. The number of hydrogen-bond donors (Lipinski definition) is 1. The maximum atomic E-state index is 13.0. The number of benzene rings is 1. The first-order valence-corrected chi connectivity index (χ1v) is 5.84. The minimum absolute atomic E-state index is 0.168. The van der Waals surface area contributed by atoms with Crippen LogP contribution in [-0.2, 0) is 0 Å². The third-order valence-electron chi connectivity index (χ3n) is 3.32. The van der Waals surface area contributed by atoms with Crippen LogP contribution in [-0.4, -0.2) is 37.7 Å². The van der Waals surface area contributed by atoms with Crippen LogP contribution in [0.1, 0.15) is 13.3 Å². The maximum absolute atomic E-state index is 13.0. The van der Waals surface area contributed by atoms with Crippen molar-refractivity contribution in [1.29, 1.82) is 0 Å². The van der Waals surface area contributed by atoms with Gasteiger partial charge in [0.1, 0.15) is 5.75 Å². The van der Waals surface area contributed by atoms with Crippen LogP contribution < -0.4 is 10.5 Å². The second-order valence-electron chi connectivity index (χ2n) is 4.77. The van der Waals surface area contributed by atoms with Crippen LogP contribution in [0.3, 0.4) is 0 Å². The number of likely N-dealkylation sites (N-methyl/N-ethyl adjacent to an activating group) is 1. The molecule has 0 heterocycles. The molecule has 0 aliphatic heterocycles. The Balaban J connectivity index is 2.53. The Morgan fingerprint density at radius 2 is 1.94 bits per heavy atom. The Morgan fingerprint density at radius 1 is 1.28 bits per heavy atom. The summed E-state index contributed by atoms with van der Waals surface area (Å²) in [4.78, 5) is 2.03. The van der Waals surface area contributed by atoms with E-state index in [1.165, 1.54) is 6.07 Å². The van der Waals surface area contributed by atoms with Crippen LogP contribution >= 0.6 is 0 Å². The summed E-state index contributed by atoms with van der Waals surface area (Å²) in [6, 6.07) is 3.51. The minimum atomic E-state index is -0.901. The molecule has 0 bridgehead atoms. The highest BCUT2D eigenvalue weighted by Gasteiger charge is 2.24. The van der Waals surface area contributed by atoms with E-state index in [2.05, 4.69) is 0 Å². The van der Waals surface area contributed by atoms with Crippen LogP contribution in [0.15, 0.2) is 18.2 Å². The zero-order chi connectivity index (χ0) is 13.8. The molecule has 18 heavy (non-hydrogen) atoms. The van der Waals surface area contributed by atoms with E-state index in [0.29, 0.717) is 25.3 Å². The van der Waals surface area contributed by atoms with E-state index >= 15 is 0 Å². The van der Waals surface area contributed by atoms with Gasteiger partial charge in [0.15, 0.2) is 11.6 Å². The Hall–Kier alpha value is -1.20. The van der Waals surface area contributed by atoms with Crippen molar-refractivity contribution in [1.82, 2.24) is 4.90 Å². The van der Waals surface area contributed by atoms with Crippen LogP contribution in [0.5, 0.6) is 5.75 Å². The standard InChI is InChI=1S/C13H20F2N2O/c1-13(9-16,17(2)3)6-7-18-10-4-5-11(14)12(15)8-10/h4-5,8H,6-7,9,16H2,1-3H3. The van der Waals surface area contributed by atoms with Crippen molar-refractivity contribution < 1.29 is 13.5 Å². The van der Waals surface area contributed by atoms with Gasteiger partial charge in [-0.2, -0.15) is 0 Å². The van der Waals surface area contributed by atoms with Crippen LogP contribution in [0.25, 0.3) is 0 Å². The smallest absolute Gasteiger partial charge is 0.162 e. The molecule has 5 heteroatoms. The minimum Gasteiger partial charge on any atom is -0.493 e. The quantitative estimate of drug-likeness (QED) is 0.848. The van der Waals surface area contributed by atoms with Crippen LogP contribution in [0, 0.1) is 11.6 Å². The number of rotatable bonds is 6. The van der Waals surface area contributed by atoms with Gasteiger partial charge in [-0.25, -0.2) is 8.78 Å². The van der Waals surface area contributed by atoms with Gasteiger partial charge < -0.3 is 15.4 Å². The summed E-state index contributed by atoms with van der Waals surface area (Å²) < 4.78 is 31.1. The predicted molar refractivity (Wildman–Crippen MR) is 67.6 cm³/mol. The second-order valence-corrected chi connectivity index (χ2v) is 4.77. The van der Waals surface area contributed by atoms with Gasteiger partial charge in [-0.3, -0.25) is 0 Å². The monoisotopic (exact) mass is 258 g/mol. The molecule has 0 fully saturated rings. The largest absolute Gasteiger partial charge is 0.493 e. The molecule has 3 nitrogen and oxygen atoms in total. The van der Waals surface area contributed by atoms with Gasteiger partial charge in [-0.15, -0.1) is 0 Å². The Kier molecular flexibility index (Phi) is 5.04. The zero-order valence-electron chi connectivity index (χ0n) is 11.0. The molecule has 0 saturated carbocycles. The zero-order valence-corrected chi connectivity index (χ0v) is 11.0. The average molecular weight is 258 g/mol. The van der Waals surface area contributed by atoms with Gasteiger partial charge in [0.25, 0.3) is 0 Å². The lowest BCUT2D eigenvalue weighted by Gasteiger charge is -2.35. The van der Waals surface area contributed by atoms with E-state index in [1.54, 1.807) is 0 Å². The topological polar surface area (TPSA) is 38.5 Å². The van der Waals surface area contributed by atoms with Crippen molar-refractivity contribution >= 4 is 0 Å². The summed E-state index contributed by atoms with van der Waals surface area (Å²) in [5, 5.41) is 0. The normalized spacial score (nSPS) is 14.6. The van der Waals surface area contributed by atoms with Crippen molar-refractivity contribution in [3.8, 4) is 5.75 Å². The molecule has 1 aromatic carbocycles. The average Bonchev–Trinajstić information content (AvgIpc) is 2.33. The number of nitrogens with two attached hydrogens (primary N) is 1. The van der Waals surface area contributed by atoms with E-state index in [1.807, 2.05) is 25.9 Å². The highest BCUT2D eigenvalue weighted by molar-refractivity contribution is 5.23. The summed E-state index contributed by atoms with van der Waals surface area (Å²) in [5.41, 5.74) is 5.56. The lowest BCUT2D eigenvalue weighted by molar-refractivity contribution is 0.139. The number of ether oxygens (including phenoxy) is 1. The number of nitrogens with zero attached hydrogens (tertiary/aromatic N) is 1. The fourth-order valence-corrected chi connectivity index (χ4v) is 1.46. The molecule has 0 radical (unpaired) electrons. The molecule has 0 aliphatic rings. The van der Waals surface area contributed by atoms with E-state index in [9.17, 15) is 8.78 Å². The van der Waals surface area contributed by atoms with Gasteiger partial charge in [-0.1, -0.05) is 0 Å². The van der Waals surface area contributed by atoms with Gasteiger partial charge in [0.2, 0.25) is 0 Å². The van der Waals surface area contributed by atoms with E-state index < -0.39 is 11.6 Å². The molecule has 1 aromatic rings. The van der Waals surface area contributed by atoms with Crippen molar-refractivity contribution in [2.75, 3.05) is 27.2 Å². The lowest BCUT2D eigenvalue weighted by Crippen LogP contribution is -2.48. The highest BCUT2D eigenvalue weighted by Crippen LogP contribution is 2.18. The SMILES string of the molecule is CN(C)C(C)(CN)CCOc1ccc(F)c(F)c1. The number of halogens is 2. The maximum Gasteiger partial charge on any atom is 0.162 e. The third kappa shape index (κ3) is 3.65. The first kappa shape index (κ1) is 14.9. The molecule has 1 rings (SSSR count). The molecule has 0 amide bonds. The highest BCUT2D eigenvalue weighted by atomic mass is 19.2. The molecule has 2 N–H and O–H groups in total. The summed E-state index contributed by atoms with van der Waals surface area (Å²) in [6.45, 7) is 2.93. The molecule has 1 atom stereocenters. The third-order valence-corrected chi connectivity index (χ3v) is 3.32. The van der Waals surface area contributed by atoms with Gasteiger partial charge in [0, 0.05) is 24.6 Å². The van der Waals surface area contributed by atoms with E-state index in [4.69, 9.17) is 10.5 Å². The summed E-state index contributed by atoms with van der Waals surface area (Å²) >= 11 is 0. The summed E-state index contributed by atoms with van der Waals surface area (Å²) in [7, 11) is 3.90. The molecule has 1 unspecified atom stereocenters. The van der Waals surface area contributed by atoms with Crippen LogP contribution in [0.4, 0.5) is 8.78 Å². The predicted octanol–water partition coefficient (Wildman–Crippen LogP) is 2.01. The number of hydrogen-bond acceptors (Lipinski definition) is 3. The second kappa shape index (κ2) is 6.11.